The number of nitrogens with one attached hydrogen (secondary N) is 2. The van der Waals surface area contributed by atoms with Crippen LogP contribution in [0.15, 0.2) is 73.1 Å². The van der Waals surface area contributed by atoms with E-state index in [-0.39, 0.29) is 5.91 Å². The first-order chi connectivity index (χ1) is 17.4. The SMILES string of the molecule is CC(=O)Nc1cc(Oc2ccc3c(c2)nc(Nc2ccc(Cl)c(-c4cccnc4Cl)c2)n3C)ccn1. The second kappa shape index (κ2) is 9.85. The smallest absolute Gasteiger partial charge is 0.222 e. The van der Waals surface area contributed by atoms with Gasteiger partial charge in [-0.05, 0) is 48.5 Å². The Balaban J connectivity index is 1.41. The summed E-state index contributed by atoms with van der Waals surface area (Å²) in [5.41, 5.74) is 3.98. The number of hydrogen-bond acceptors (Lipinski definition) is 6. The fourth-order valence-corrected chi connectivity index (χ4v) is 4.18. The molecule has 3 aromatic heterocycles. The van der Waals surface area contributed by atoms with E-state index in [0.29, 0.717) is 33.4 Å². The van der Waals surface area contributed by atoms with E-state index in [1.54, 1.807) is 30.6 Å². The second-order valence-corrected chi connectivity index (χ2v) is 8.73. The molecule has 0 saturated heterocycles. The lowest BCUT2D eigenvalue weighted by atomic mass is 10.1. The zero-order chi connectivity index (χ0) is 25.2. The van der Waals surface area contributed by atoms with E-state index in [9.17, 15) is 4.79 Å². The average molecular weight is 519 g/mol. The summed E-state index contributed by atoms with van der Waals surface area (Å²) in [7, 11) is 1.93. The molecule has 0 aliphatic carbocycles. The zero-order valence-corrected chi connectivity index (χ0v) is 20.8. The van der Waals surface area contributed by atoms with Crippen LogP contribution in [0.5, 0.6) is 11.5 Å². The Hall–Kier alpha value is -4.14. The molecule has 5 rings (SSSR count). The number of anilines is 3. The number of imidazole rings is 1. The van der Waals surface area contributed by atoms with Crippen molar-refractivity contribution in [3.8, 4) is 22.6 Å². The van der Waals surface area contributed by atoms with Crippen LogP contribution in [0.3, 0.4) is 0 Å². The predicted molar refractivity (Wildman–Crippen MR) is 142 cm³/mol. The third kappa shape index (κ3) is 4.95. The third-order valence-corrected chi connectivity index (χ3v) is 6.03. The molecule has 0 saturated carbocycles. The summed E-state index contributed by atoms with van der Waals surface area (Å²) in [5, 5.41) is 6.95. The monoisotopic (exact) mass is 518 g/mol. The van der Waals surface area contributed by atoms with Crippen molar-refractivity contribution in [3.63, 3.8) is 0 Å². The van der Waals surface area contributed by atoms with Crippen molar-refractivity contribution in [2.75, 3.05) is 10.6 Å². The molecule has 2 aromatic carbocycles. The van der Waals surface area contributed by atoms with E-state index >= 15 is 0 Å². The lowest BCUT2D eigenvalue weighted by Crippen LogP contribution is -2.07. The molecule has 0 bridgehead atoms. The molecule has 3 heterocycles. The van der Waals surface area contributed by atoms with Crippen molar-refractivity contribution in [1.82, 2.24) is 19.5 Å². The van der Waals surface area contributed by atoms with Crippen LogP contribution in [-0.4, -0.2) is 25.4 Å². The van der Waals surface area contributed by atoms with Gasteiger partial charge in [-0.25, -0.2) is 15.0 Å². The number of benzene rings is 2. The number of carbonyl (C=O) groups excluding carboxylic acids is 1. The van der Waals surface area contributed by atoms with Crippen molar-refractivity contribution in [2.24, 2.45) is 7.05 Å². The number of carbonyl (C=O) groups is 1. The van der Waals surface area contributed by atoms with Crippen molar-refractivity contribution < 1.29 is 9.53 Å². The zero-order valence-electron chi connectivity index (χ0n) is 19.3. The number of halogens is 2. The molecule has 0 aliphatic heterocycles. The van der Waals surface area contributed by atoms with Crippen molar-refractivity contribution >= 4 is 57.6 Å². The van der Waals surface area contributed by atoms with Crippen LogP contribution < -0.4 is 15.4 Å². The molecule has 180 valence electrons. The third-order valence-electron chi connectivity index (χ3n) is 5.40. The van der Waals surface area contributed by atoms with Gasteiger partial charge in [-0.15, -0.1) is 0 Å². The summed E-state index contributed by atoms with van der Waals surface area (Å²) in [6, 6.07) is 18.3. The van der Waals surface area contributed by atoms with Gasteiger partial charge in [0.25, 0.3) is 0 Å². The van der Waals surface area contributed by atoms with Gasteiger partial charge in [-0.3, -0.25) is 4.79 Å². The molecule has 1 amide bonds. The fourth-order valence-electron chi connectivity index (χ4n) is 3.74. The molecule has 2 N–H and O–H groups in total. The van der Waals surface area contributed by atoms with Crippen LogP contribution in [0.2, 0.25) is 10.2 Å². The first-order valence-electron chi connectivity index (χ1n) is 10.9. The van der Waals surface area contributed by atoms with Crippen LogP contribution in [0.1, 0.15) is 6.92 Å². The fraction of sp³-hybridized carbons (Fsp3) is 0.0769. The molecular weight excluding hydrogens is 499 g/mol. The highest BCUT2D eigenvalue weighted by Crippen LogP contribution is 2.35. The highest BCUT2D eigenvalue weighted by Gasteiger charge is 2.13. The maximum atomic E-state index is 11.3. The normalized spacial score (nSPS) is 10.9. The van der Waals surface area contributed by atoms with Gasteiger partial charge < -0.3 is 19.9 Å². The molecule has 5 aromatic rings. The number of nitrogens with zero attached hydrogens (tertiary/aromatic N) is 4. The lowest BCUT2D eigenvalue weighted by molar-refractivity contribution is -0.114. The second-order valence-electron chi connectivity index (χ2n) is 7.97. The lowest BCUT2D eigenvalue weighted by Gasteiger charge is -2.11. The summed E-state index contributed by atoms with van der Waals surface area (Å²) in [5.74, 6) is 2.01. The Kier molecular flexibility index (Phi) is 6.45. The van der Waals surface area contributed by atoms with Gasteiger partial charge in [0.1, 0.15) is 22.5 Å². The number of pyridine rings is 2. The summed E-state index contributed by atoms with van der Waals surface area (Å²) in [6.07, 6.45) is 3.21. The highest BCUT2D eigenvalue weighted by atomic mass is 35.5. The minimum absolute atomic E-state index is 0.203. The summed E-state index contributed by atoms with van der Waals surface area (Å²) >= 11 is 12.7. The van der Waals surface area contributed by atoms with Gasteiger partial charge in [0.2, 0.25) is 11.9 Å². The molecular formula is C26H20Cl2N6O2. The van der Waals surface area contributed by atoms with Crippen molar-refractivity contribution in [2.45, 2.75) is 6.92 Å². The molecule has 0 aliphatic rings. The minimum Gasteiger partial charge on any atom is -0.457 e. The first-order valence-corrected chi connectivity index (χ1v) is 11.7. The van der Waals surface area contributed by atoms with Crippen LogP contribution in [0, 0.1) is 0 Å². The summed E-state index contributed by atoms with van der Waals surface area (Å²) in [4.78, 5) is 24.3. The Morgan fingerprint density at radius 1 is 0.944 bits per heavy atom. The minimum atomic E-state index is -0.203. The molecule has 0 spiro atoms. The van der Waals surface area contributed by atoms with Gasteiger partial charge in [-0.1, -0.05) is 23.2 Å². The quantitative estimate of drug-likeness (QED) is 0.239. The van der Waals surface area contributed by atoms with E-state index < -0.39 is 0 Å². The number of fused-ring (bicyclic) bond motifs is 1. The molecule has 10 heteroatoms. The number of hydrogen-bond donors (Lipinski definition) is 2. The molecule has 0 unspecified atom stereocenters. The number of aryl methyl sites for hydroxylation is 1. The number of ether oxygens (including phenoxy) is 1. The molecule has 0 fully saturated rings. The van der Waals surface area contributed by atoms with Gasteiger partial charge in [0.05, 0.1) is 11.0 Å². The summed E-state index contributed by atoms with van der Waals surface area (Å²) in [6.45, 7) is 1.43. The van der Waals surface area contributed by atoms with E-state index in [1.165, 1.54) is 6.92 Å². The maximum Gasteiger partial charge on any atom is 0.222 e. The van der Waals surface area contributed by atoms with Gasteiger partial charge in [0, 0.05) is 60.3 Å². The van der Waals surface area contributed by atoms with E-state index in [0.717, 1.165) is 27.8 Å². The average Bonchev–Trinajstić information content (AvgIpc) is 3.15. The van der Waals surface area contributed by atoms with Crippen molar-refractivity contribution in [1.29, 1.82) is 0 Å². The van der Waals surface area contributed by atoms with Gasteiger partial charge >= 0.3 is 0 Å². The Labute approximate surface area is 216 Å². The molecule has 0 radical (unpaired) electrons. The van der Waals surface area contributed by atoms with E-state index in [2.05, 4.69) is 20.6 Å². The Morgan fingerprint density at radius 2 is 1.78 bits per heavy atom. The van der Waals surface area contributed by atoms with Gasteiger partial charge in [0.15, 0.2) is 0 Å². The number of amides is 1. The topological polar surface area (TPSA) is 94.0 Å². The van der Waals surface area contributed by atoms with E-state index in [1.807, 2.05) is 54.1 Å². The standard InChI is InChI=1S/C26H20Cl2N6O2/c1-15(35)31-24-14-18(9-11-29-24)36-17-6-8-23-22(13-17)33-26(34(23)2)32-16-5-7-21(27)20(12-16)19-4-3-10-30-25(19)28/h3-14H,1-2H3,(H,32,33)(H,29,31,35). The number of aromatic nitrogens is 4. The largest absolute Gasteiger partial charge is 0.457 e. The Bertz CT molecular complexity index is 1600. The van der Waals surface area contributed by atoms with Crippen LogP contribution in [0.4, 0.5) is 17.5 Å². The van der Waals surface area contributed by atoms with Gasteiger partial charge in [-0.2, -0.15) is 0 Å². The molecule has 8 nitrogen and oxygen atoms in total. The number of rotatable bonds is 6. The first kappa shape index (κ1) is 23.6. The Morgan fingerprint density at radius 3 is 2.58 bits per heavy atom. The van der Waals surface area contributed by atoms with Crippen LogP contribution in [0.25, 0.3) is 22.2 Å². The highest BCUT2D eigenvalue weighted by molar-refractivity contribution is 6.36. The van der Waals surface area contributed by atoms with Crippen LogP contribution in [-0.2, 0) is 11.8 Å². The van der Waals surface area contributed by atoms with E-state index in [4.69, 9.17) is 32.9 Å². The van der Waals surface area contributed by atoms with Crippen molar-refractivity contribution in [3.05, 3.63) is 83.2 Å². The molecule has 0 atom stereocenters. The molecule has 36 heavy (non-hydrogen) atoms. The maximum absolute atomic E-state index is 11.3. The summed E-state index contributed by atoms with van der Waals surface area (Å²) < 4.78 is 7.92. The van der Waals surface area contributed by atoms with Crippen LogP contribution >= 0.6 is 23.2 Å². The predicted octanol–water partition coefficient (Wildman–Crippen LogP) is 6.83.